The lowest BCUT2D eigenvalue weighted by Gasteiger charge is -2.16. The molecule has 2 aromatic rings. The van der Waals surface area contributed by atoms with E-state index >= 15 is 0 Å². The van der Waals surface area contributed by atoms with Crippen LogP contribution in [-0.2, 0) is 17.6 Å². The number of hydrogen-bond acceptors (Lipinski definition) is 1. The zero-order valence-electron chi connectivity index (χ0n) is 11.3. The molecule has 0 aliphatic heterocycles. The molecule has 0 aliphatic carbocycles. The van der Waals surface area contributed by atoms with Gasteiger partial charge in [-0.1, -0.05) is 60.7 Å². The molecule has 0 spiro atoms. The van der Waals surface area contributed by atoms with Crippen molar-refractivity contribution < 1.29 is 4.79 Å². The molecule has 1 unspecified atom stereocenters. The molecule has 0 aromatic heterocycles. The minimum absolute atomic E-state index is 0.0118. The summed E-state index contributed by atoms with van der Waals surface area (Å²) in [5, 5.41) is 2.99. The maximum atomic E-state index is 12.0. The number of alkyl halides is 1. The van der Waals surface area contributed by atoms with Crippen LogP contribution in [0.1, 0.15) is 11.1 Å². The van der Waals surface area contributed by atoms with Gasteiger partial charge in [-0.3, -0.25) is 4.79 Å². The van der Waals surface area contributed by atoms with Gasteiger partial charge in [-0.15, -0.1) is 11.6 Å². The van der Waals surface area contributed by atoms with Gasteiger partial charge in [0.1, 0.15) is 0 Å². The Balaban J connectivity index is 1.88. The fourth-order valence-corrected chi connectivity index (χ4v) is 2.29. The summed E-state index contributed by atoms with van der Waals surface area (Å²) in [6.07, 6.45) is 1.15. The molecule has 20 heavy (non-hydrogen) atoms. The zero-order chi connectivity index (χ0) is 14.2. The van der Waals surface area contributed by atoms with Crippen LogP contribution in [-0.4, -0.2) is 17.8 Å². The number of nitrogens with one attached hydrogen (secondary N) is 1. The highest BCUT2D eigenvalue weighted by Gasteiger charge is 2.12. The van der Waals surface area contributed by atoms with E-state index in [1.807, 2.05) is 60.7 Å². The summed E-state index contributed by atoms with van der Waals surface area (Å²) in [4.78, 5) is 12.0. The fraction of sp³-hybridized carbons (Fsp3) is 0.235. The topological polar surface area (TPSA) is 29.1 Å². The van der Waals surface area contributed by atoms with Crippen molar-refractivity contribution in [2.75, 3.05) is 5.88 Å². The largest absolute Gasteiger partial charge is 0.352 e. The van der Waals surface area contributed by atoms with E-state index in [4.69, 9.17) is 11.6 Å². The van der Waals surface area contributed by atoms with Crippen molar-refractivity contribution in [1.29, 1.82) is 0 Å². The summed E-state index contributed by atoms with van der Waals surface area (Å²) in [6, 6.07) is 19.7. The lowest BCUT2D eigenvalue weighted by Crippen LogP contribution is -2.38. The van der Waals surface area contributed by atoms with Gasteiger partial charge in [0.2, 0.25) is 5.91 Å². The Bertz CT molecular complexity index is 527. The smallest absolute Gasteiger partial charge is 0.224 e. The van der Waals surface area contributed by atoms with Crippen molar-refractivity contribution in [3.63, 3.8) is 0 Å². The molecule has 1 N–H and O–H groups in total. The third-order valence-electron chi connectivity index (χ3n) is 3.08. The van der Waals surface area contributed by atoms with Crippen molar-refractivity contribution in [2.45, 2.75) is 18.9 Å². The van der Waals surface area contributed by atoms with Crippen molar-refractivity contribution in [3.8, 4) is 0 Å². The van der Waals surface area contributed by atoms with Gasteiger partial charge in [0.25, 0.3) is 0 Å². The summed E-state index contributed by atoms with van der Waals surface area (Å²) in [7, 11) is 0. The molecule has 1 atom stereocenters. The molecule has 0 radical (unpaired) electrons. The second-order valence-electron chi connectivity index (χ2n) is 4.77. The van der Waals surface area contributed by atoms with E-state index in [1.54, 1.807) is 0 Å². The van der Waals surface area contributed by atoms with Crippen LogP contribution in [0.25, 0.3) is 0 Å². The molecule has 1 amide bonds. The van der Waals surface area contributed by atoms with Crippen molar-refractivity contribution >= 4 is 17.5 Å². The molecular weight excluding hydrogens is 270 g/mol. The van der Waals surface area contributed by atoms with Gasteiger partial charge < -0.3 is 5.32 Å². The van der Waals surface area contributed by atoms with Gasteiger partial charge in [-0.05, 0) is 17.5 Å². The minimum Gasteiger partial charge on any atom is -0.352 e. The summed E-state index contributed by atoms with van der Waals surface area (Å²) in [5.41, 5.74) is 2.19. The zero-order valence-corrected chi connectivity index (χ0v) is 12.0. The first kappa shape index (κ1) is 14.6. The Labute approximate surface area is 124 Å². The summed E-state index contributed by atoms with van der Waals surface area (Å²) < 4.78 is 0. The Morgan fingerprint density at radius 1 is 0.950 bits per heavy atom. The second kappa shape index (κ2) is 7.71. The molecule has 0 aliphatic rings. The van der Waals surface area contributed by atoms with Crippen LogP contribution in [0.2, 0.25) is 0 Å². The first-order chi connectivity index (χ1) is 9.78. The number of halogens is 1. The van der Waals surface area contributed by atoms with Gasteiger partial charge in [0.15, 0.2) is 0 Å². The standard InChI is InChI=1S/C17H18ClNO/c18-13-16(11-14-7-3-1-4-8-14)19-17(20)12-15-9-5-2-6-10-15/h1-10,16H,11-13H2,(H,19,20). The van der Waals surface area contributed by atoms with Gasteiger partial charge in [-0.25, -0.2) is 0 Å². The van der Waals surface area contributed by atoms with E-state index in [9.17, 15) is 4.79 Å². The molecule has 2 rings (SSSR count). The molecule has 0 saturated heterocycles. The van der Waals surface area contributed by atoms with Crippen LogP contribution >= 0.6 is 11.6 Å². The normalized spacial score (nSPS) is 11.8. The Kier molecular flexibility index (Phi) is 5.63. The van der Waals surface area contributed by atoms with Crippen LogP contribution in [0.3, 0.4) is 0 Å². The van der Waals surface area contributed by atoms with E-state index in [1.165, 1.54) is 5.56 Å². The molecule has 2 nitrogen and oxygen atoms in total. The van der Waals surface area contributed by atoms with E-state index in [0.717, 1.165) is 12.0 Å². The van der Waals surface area contributed by atoms with E-state index in [2.05, 4.69) is 5.32 Å². The van der Waals surface area contributed by atoms with Crippen LogP contribution < -0.4 is 5.32 Å². The predicted octanol–water partition coefficient (Wildman–Crippen LogP) is 3.20. The quantitative estimate of drug-likeness (QED) is 0.812. The van der Waals surface area contributed by atoms with Crippen LogP contribution in [0.4, 0.5) is 0 Å². The maximum absolute atomic E-state index is 12.0. The molecule has 3 heteroatoms. The Morgan fingerprint density at radius 3 is 2.05 bits per heavy atom. The summed E-state index contributed by atoms with van der Waals surface area (Å²) in [6.45, 7) is 0. The first-order valence-electron chi connectivity index (χ1n) is 6.71. The Morgan fingerprint density at radius 2 is 1.50 bits per heavy atom. The van der Waals surface area contributed by atoms with E-state index in [0.29, 0.717) is 12.3 Å². The van der Waals surface area contributed by atoms with E-state index in [-0.39, 0.29) is 11.9 Å². The number of hydrogen-bond donors (Lipinski definition) is 1. The average molecular weight is 288 g/mol. The summed E-state index contributed by atoms with van der Waals surface area (Å²) >= 11 is 5.95. The lowest BCUT2D eigenvalue weighted by molar-refractivity contribution is -0.121. The molecule has 0 heterocycles. The van der Waals surface area contributed by atoms with E-state index < -0.39 is 0 Å². The lowest BCUT2D eigenvalue weighted by atomic mass is 10.1. The molecular formula is C17H18ClNO. The maximum Gasteiger partial charge on any atom is 0.224 e. The van der Waals surface area contributed by atoms with Crippen LogP contribution in [0.15, 0.2) is 60.7 Å². The molecule has 0 bridgehead atoms. The molecule has 0 saturated carbocycles. The monoisotopic (exact) mass is 287 g/mol. The number of carbonyl (C=O) groups excluding carboxylic acids is 1. The number of carbonyl (C=O) groups is 1. The predicted molar refractivity (Wildman–Crippen MR) is 82.9 cm³/mol. The van der Waals surface area contributed by atoms with Gasteiger partial charge in [-0.2, -0.15) is 0 Å². The van der Waals surface area contributed by atoms with Crippen LogP contribution in [0.5, 0.6) is 0 Å². The highest BCUT2D eigenvalue weighted by Crippen LogP contribution is 2.05. The molecule has 0 fully saturated rings. The number of amides is 1. The molecule has 104 valence electrons. The SMILES string of the molecule is O=C(Cc1ccccc1)NC(CCl)Cc1ccccc1. The molecule has 2 aromatic carbocycles. The number of benzene rings is 2. The van der Waals surface area contributed by atoms with Crippen molar-refractivity contribution in [3.05, 3.63) is 71.8 Å². The third-order valence-corrected chi connectivity index (χ3v) is 3.46. The van der Waals surface area contributed by atoms with Gasteiger partial charge in [0, 0.05) is 11.9 Å². The number of rotatable bonds is 6. The fourth-order valence-electron chi connectivity index (χ4n) is 2.10. The highest BCUT2D eigenvalue weighted by molar-refractivity contribution is 6.18. The first-order valence-corrected chi connectivity index (χ1v) is 7.24. The Hall–Kier alpha value is -1.80. The van der Waals surface area contributed by atoms with Gasteiger partial charge in [0.05, 0.1) is 6.42 Å². The highest BCUT2D eigenvalue weighted by atomic mass is 35.5. The van der Waals surface area contributed by atoms with Gasteiger partial charge >= 0.3 is 0 Å². The van der Waals surface area contributed by atoms with Crippen LogP contribution in [0, 0.1) is 0 Å². The van der Waals surface area contributed by atoms with Crippen molar-refractivity contribution in [2.24, 2.45) is 0 Å². The summed E-state index contributed by atoms with van der Waals surface area (Å²) in [5.74, 6) is 0.424. The third kappa shape index (κ3) is 4.71. The average Bonchev–Trinajstić information content (AvgIpc) is 2.48. The minimum atomic E-state index is -0.0321. The van der Waals surface area contributed by atoms with Crippen molar-refractivity contribution in [1.82, 2.24) is 5.32 Å². The second-order valence-corrected chi connectivity index (χ2v) is 5.08.